The number of nitrogens with two attached hydrogens (primary N) is 1. The lowest BCUT2D eigenvalue weighted by molar-refractivity contribution is -0.120. The zero-order valence-corrected chi connectivity index (χ0v) is 19.3. The Kier molecular flexibility index (Phi) is 8.04. The smallest absolute Gasteiger partial charge is 0.175 e. The van der Waals surface area contributed by atoms with Crippen molar-refractivity contribution in [1.29, 1.82) is 0 Å². The molecule has 170 valence electrons. The van der Waals surface area contributed by atoms with Gasteiger partial charge in [0.25, 0.3) is 0 Å². The molecule has 4 rings (SSSR count). The van der Waals surface area contributed by atoms with Gasteiger partial charge in [-0.2, -0.15) is 0 Å². The van der Waals surface area contributed by atoms with Crippen LogP contribution in [0.1, 0.15) is 22.3 Å². The molecule has 34 heavy (non-hydrogen) atoms. The van der Waals surface area contributed by atoms with E-state index in [4.69, 9.17) is 5.73 Å². The summed E-state index contributed by atoms with van der Waals surface area (Å²) in [4.78, 5) is 16.0. The molecule has 4 aromatic carbocycles. The van der Waals surface area contributed by atoms with Gasteiger partial charge >= 0.3 is 0 Å². The van der Waals surface area contributed by atoms with Crippen LogP contribution in [0.15, 0.2) is 127 Å². The first-order valence-corrected chi connectivity index (χ1v) is 11.6. The molecule has 0 aliphatic heterocycles. The van der Waals surface area contributed by atoms with Crippen molar-refractivity contribution in [2.75, 3.05) is 0 Å². The van der Waals surface area contributed by atoms with Crippen LogP contribution in [0.5, 0.6) is 0 Å². The normalized spacial score (nSPS) is 12.4. The molecule has 0 fully saturated rings. The molecule has 0 saturated carbocycles. The number of carbonyl (C=O) groups is 1. The van der Waals surface area contributed by atoms with E-state index in [0.717, 1.165) is 11.1 Å². The van der Waals surface area contributed by atoms with Gasteiger partial charge in [0.2, 0.25) is 0 Å². The number of nitrogens with zero attached hydrogens (tertiary/aromatic N) is 1. The van der Waals surface area contributed by atoms with E-state index in [9.17, 15) is 4.79 Å². The predicted molar refractivity (Wildman–Crippen MR) is 140 cm³/mol. The highest BCUT2D eigenvalue weighted by Gasteiger charge is 2.26. The fourth-order valence-electron chi connectivity index (χ4n) is 4.12. The lowest BCUT2D eigenvalue weighted by Crippen LogP contribution is -2.41. The predicted octanol–water partition coefficient (Wildman–Crippen LogP) is 5.87. The SMILES string of the molecule is N/C(=C\C(=O)[C@H](Cc1ccccc1)N(Cc1ccccc1)Cc1ccccc1)c1ccccc1. The van der Waals surface area contributed by atoms with Gasteiger partial charge in [-0.1, -0.05) is 121 Å². The topological polar surface area (TPSA) is 46.3 Å². The molecule has 0 spiro atoms. The van der Waals surface area contributed by atoms with Gasteiger partial charge in [0.05, 0.1) is 6.04 Å². The Bertz CT molecular complexity index is 1150. The Balaban J connectivity index is 1.69. The van der Waals surface area contributed by atoms with Crippen LogP contribution >= 0.6 is 0 Å². The average molecular weight is 447 g/mol. The summed E-state index contributed by atoms with van der Waals surface area (Å²) in [5.74, 6) is 0.0112. The molecule has 0 unspecified atom stereocenters. The molecule has 2 N–H and O–H groups in total. The van der Waals surface area contributed by atoms with Crippen LogP contribution in [0.25, 0.3) is 5.70 Å². The molecular weight excluding hydrogens is 416 g/mol. The maximum absolute atomic E-state index is 13.8. The zero-order valence-electron chi connectivity index (χ0n) is 19.3. The maximum atomic E-state index is 13.8. The van der Waals surface area contributed by atoms with E-state index in [2.05, 4.69) is 41.3 Å². The standard InChI is InChI=1S/C31H30N2O/c32-29(28-19-11-4-12-20-28)22-31(34)30(21-25-13-5-1-6-14-25)33(23-26-15-7-2-8-16-26)24-27-17-9-3-10-18-27/h1-20,22,30H,21,23-24,32H2/b29-22-/t30-/m0/s1. The van der Waals surface area contributed by atoms with Crippen LogP contribution in [0.3, 0.4) is 0 Å². The summed E-state index contributed by atoms with van der Waals surface area (Å²) >= 11 is 0. The minimum absolute atomic E-state index is 0.0112. The Morgan fingerprint density at radius 3 is 1.53 bits per heavy atom. The Morgan fingerprint density at radius 1 is 0.647 bits per heavy atom. The fourth-order valence-corrected chi connectivity index (χ4v) is 4.12. The first kappa shape index (κ1) is 23.2. The van der Waals surface area contributed by atoms with Crippen molar-refractivity contribution in [3.05, 3.63) is 150 Å². The molecule has 4 aromatic rings. The van der Waals surface area contributed by atoms with Crippen molar-refractivity contribution in [2.45, 2.75) is 25.6 Å². The van der Waals surface area contributed by atoms with Gasteiger partial charge in [0.1, 0.15) is 0 Å². The van der Waals surface area contributed by atoms with Crippen LogP contribution in [0, 0.1) is 0 Å². The molecule has 0 aromatic heterocycles. The molecule has 0 heterocycles. The van der Waals surface area contributed by atoms with Crippen LogP contribution in [0.4, 0.5) is 0 Å². The van der Waals surface area contributed by atoms with Gasteiger partial charge in [-0.05, 0) is 28.7 Å². The third-order valence-electron chi connectivity index (χ3n) is 5.90. The van der Waals surface area contributed by atoms with E-state index in [1.165, 1.54) is 11.1 Å². The zero-order chi connectivity index (χ0) is 23.6. The molecule has 3 heteroatoms. The summed E-state index contributed by atoms with van der Waals surface area (Å²) in [5, 5.41) is 0. The second kappa shape index (κ2) is 11.8. The molecular formula is C31H30N2O. The minimum Gasteiger partial charge on any atom is -0.398 e. The first-order chi connectivity index (χ1) is 16.7. The van der Waals surface area contributed by atoms with Crippen molar-refractivity contribution in [2.24, 2.45) is 5.73 Å². The number of ketones is 1. The Labute approximate surface area is 202 Å². The Hall–Kier alpha value is -3.95. The summed E-state index contributed by atoms with van der Waals surface area (Å²) in [6, 6.07) is 40.1. The number of rotatable bonds is 10. The summed E-state index contributed by atoms with van der Waals surface area (Å²) in [5.41, 5.74) is 11.2. The van der Waals surface area contributed by atoms with Crippen LogP contribution in [0.2, 0.25) is 0 Å². The summed E-state index contributed by atoms with van der Waals surface area (Å²) in [6.07, 6.45) is 2.21. The van der Waals surface area contributed by atoms with Crippen LogP contribution in [-0.4, -0.2) is 16.7 Å². The number of carbonyl (C=O) groups excluding carboxylic acids is 1. The van der Waals surface area contributed by atoms with E-state index >= 15 is 0 Å². The van der Waals surface area contributed by atoms with Gasteiger partial charge in [0, 0.05) is 24.9 Å². The largest absolute Gasteiger partial charge is 0.398 e. The van der Waals surface area contributed by atoms with Gasteiger partial charge in [0.15, 0.2) is 5.78 Å². The first-order valence-electron chi connectivity index (χ1n) is 11.6. The molecule has 0 radical (unpaired) electrons. The van der Waals surface area contributed by atoms with Crippen molar-refractivity contribution in [3.63, 3.8) is 0 Å². The highest BCUT2D eigenvalue weighted by molar-refractivity contribution is 6.00. The Morgan fingerprint density at radius 2 is 1.06 bits per heavy atom. The third-order valence-corrected chi connectivity index (χ3v) is 5.90. The van der Waals surface area contributed by atoms with E-state index in [1.807, 2.05) is 84.9 Å². The molecule has 3 nitrogen and oxygen atoms in total. The highest BCUT2D eigenvalue weighted by atomic mass is 16.1. The maximum Gasteiger partial charge on any atom is 0.175 e. The van der Waals surface area contributed by atoms with Gasteiger partial charge in [-0.3, -0.25) is 9.69 Å². The molecule has 1 atom stereocenters. The monoisotopic (exact) mass is 446 g/mol. The fraction of sp³-hybridized carbons (Fsp3) is 0.129. The molecule has 0 aliphatic rings. The van der Waals surface area contributed by atoms with E-state index < -0.39 is 0 Å². The molecule has 0 bridgehead atoms. The van der Waals surface area contributed by atoms with Crippen molar-refractivity contribution in [1.82, 2.24) is 4.90 Å². The number of hydrogen-bond donors (Lipinski definition) is 1. The summed E-state index contributed by atoms with van der Waals surface area (Å²) < 4.78 is 0. The summed E-state index contributed by atoms with van der Waals surface area (Å²) in [6.45, 7) is 1.33. The lowest BCUT2D eigenvalue weighted by Gasteiger charge is -2.31. The molecule has 0 aliphatic carbocycles. The quantitative estimate of drug-likeness (QED) is 0.310. The van der Waals surface area contributed by atoms with Gasteiger partial charge in [-0.25, -0.2) is 0 Å². The molecule has 0 amide bonds. The second-order valence-electron chi connectivity index (χ2n) is 8.45. The van der Waals surface area contributed by atoms with Crippen molar-refractivity contribution in [3.8, 4) is 0 Å². The van der Waals surface area contributed by atoms with E-state index in [1.54, 1.807) is 6.08 Å². The van der Waals surface area contributed by atoms with Crippen molar-refractivity contribution < 1.29 is 4.79 Å². The number of hydrogen-bond acceptors (Lipinski definition) is 3. The highest BCUT2D eigenvalue weighted by Crippen LogP contribution is 2.19. The second-order valence-corrected chi connectivity index (χ2v) is 8.45. The molecule has 0 saturated heterocycles. The van der Waals surface area contributed by atoms with Crippen molar-refractivity contribution >= 4 is 11.5 Å². The summed E-state index contributed by atoms with van der Waals surface area (Å²) in [7, 11) is 0. The van der Waals surface area contributed by atoms with Gasteiger partial charge in [-0.15, -0.1) is 0 Å². The van der Waals surface area contributed by atoms with E-state index in [0.29, 0.717) is 25.2 Å². The lowest BCUT2D eigenvalue weighted by atomic mass is 9.97. The van der Waals surface area contributed by atoms with Crippen LogP contribution < -0.4 is 5.73 Å². The van der Waals surface area contributed by atoms with Crippen LogP contribution in [-0.2, 0) is 24.3 Å². The third kappa shape index (κ3) is 6.53. The minimum atomic E-state index is -0.356. The number of benzene rings is 4. The average Bonchev–Trinajstić information content (AvgIpc) is 2.89. The van der Waals surface area contributed by atoms with E-state index in [-0.39, 0.29) is 11.8 Å². The van der Waals surface area contributed by atoms with Gasteiger partial charge < -0.3 is 5.73 Å².